The maximum atomic E-state index is 13.4. The summed E-state index contributed by atoms with van der Waals surface area (Å²) in [6.07, 6.45) is 1.28. The van der Waals surface area contributed by atoms with Crippen molar-refractivity contribution >= 4 is 11.6 Å². The van der Waals surface area contributed by atoms with Gasteiger partial charge >= 0.3 is 0 Å². The molecule has 1 aliphatic rings. The number of hydrogen-bond acceptors (Lipinski definition) is 2. The van der Waals surface area contributed by atoms with E-state index in [9.17, 15) is 13.6 Å². The van der Waals surface area contributed by atoms with E-state index < -0.39 is 11.6 Å². The summed E-state index contributed by atoms with van der Waals surface area (Å²) in [4.78, 5) is 16.4. The SMILES string of the molecule is CC(c1ccc(F)c(F)c1)N(C)CCC(=O)N1CCc2ccccc21. The van der Waals surface area contributed by atoms with Crippen molar-refractivity contribution in [2.75, 3.05) is 25.0 Å². The highest BCUT2D eigenvalue weighted by Crippen LogP contribution is 2.28. The van der Waals surface area contributed by atoms with Crippen molar-refractivity contribution in [2.45, 2.75) is 25.8 Å². The Morgan fingerprint density at radius 1 is 1.20 bits per heavy atom. The van der Waals surface area contributed by atoms with Crippen LogP contribution in [-0.2, 0) is 11.2 Å². The number of nitrogens with zero attached hydrogens (tertiary/aromatic N) is 2. The molecule has 0 saturated carbocycles. The molecule has 5 heteroatoms. The molecule has 0 N–H and O–H groups in total. The Balaban J connectivity index is 1.59. The van der Waals surface area contributed by atoms with Gasteiger partial charge in [-0.05, 0) is 49.7 Å². The van der Waals surface area contributed by atoms with Crippen LogP contribution in [0.2, 0.25) is 0 Å². The molecule has 0 aromatic heterocycles. The summed E-state index contributed by atoms with van der Waals surface area (Å²) in [5.74, 6) is -1.60. The van der Waals surface area contributed by atoms with Crippen LogP contribution in [0.5, 0.6) is 0 Å². The summed E-state index contributed by atoms with van der Waals surface area (Å²) >= 11 is 0. The minimum absolute atomic E-state index is 0.0919. The zero-order valence-corrected chi connectivity index (χ0v) is 14.5. The molecule has 3 rings (SSSR count). The molecule has 1 unspecified atom stereocenters. The van der Waals surface area contributed by atoms with Crippen LogP contribution in [0.15, 0.2) is 42.5 Å². The zero-order chi connectivity index (χ0) is 18.0. The molecule has 1 aliphatic heterocycles. The molecule has 0 fully saturated rings. The second kappa shape index (κ2) is 7.31. The molecule has 3 nitrogen and oxygen atoms in total. The second-order valence-electron chi connectivity index (χ2n) is 6.50. The first-order valence-corrected chi connectivity index (χ1v) is 8.51. The summed E-state index contributed by atoms with van der Waals surface area (Å²) in [5.41, 5.74) is 2.91. The van der Waals surface area contributed by atoms with E-state index in [4.69, 9.17) is 0 Å². The van der Waals surface area contributed by atoms with E-state index >= 15 is 0 Å². The largest absolute Gasteiger partial charge is 0.312 e. The van der Waals surface area contributed by atoms with Gasteiger partial charge in [-0.2, -0.15) is 0 Å². The normalized spacial score (nSPS) is 14.7. The Morgan fingerprint density at radius 2 is 1.96 bits per heavy atom. The molecule has 1 atom stereocenters. The number of rotatable bonds is 5. The highest BCUT2D eigenvalue weighted by molar-refractivity contribution is 5.95. The molecular weight excluding hydrogens is 322 g/mol. The summed E-state index contributed by atoms with van der Waals surface area (Å²) in [7, 11) is 1.89. The number of halogens is 2. The van der Waals surface area contributed by atoms with E-state index in [-0.39, 0.29) is 11.9 Å². The van der Waals surface area contributed by atoms with Gasteiger partial charge < -0.3 is 4.90 Å². The van der Waals surface area contributed by atoms with E-state index in [1.165, 1.54) is 11.6 Å². The van der Waals surface area contributed by atoms with Crippen LogP contribution in [-0.4, -0.2) is 30.9 Å². The van der Waals surface area contributed by atoms with Crippen LogP contribution in [0.1, 0.15) is 30.5 Å². The van der Waals surface area contributed by atoms with Gasteiger partial charge in [-0.3, -0.25) is 9.69 Å². The monoisotopic (exact) mass is 344 g/mol. The number of hydrogen-bond donors (Lipinski definition) is 0. The minimum Gasteiger partial charge on any atom is -0.312 e. The molecule has 2 aromatic rings. The summed E-state index contributed by atoms with van der Waals surface area (Å²) in [5, 5.41) is 0. The Morgan fingerprint density at radius 3 is 2.72 bits per heavy atom. The highest BCUT2D eigenvalue weighted by Gasteiger charge is 2.24. The third-order valence-electron chi connectivity index (χ3n) is 4.95. The molecule has 0 radical (unpaired) electrons. The van der Waals surface area contributed by atoms with E-state index in [1.54, 1.807) is 6.07 Å². The molecule has 0 bridgehead atoms. The van der Waals surface area contributed by atoms with Gasteiger partial charge in [-0.25, -0.2) is 8.78 Å². The molecule has 1 heterocycles. The highest BCUT2D eigenvalue weighted by atomic mass is 19.2. The number of carbonyl (C=O) groups is 1. The first-order valence-electron chi connectivity index (χ1n) is 8.51. The van der Waals surface area contributed by atoms with Gasteiger partial charge in [0.05, 0.1) is 0 Å². The van der Waals surface area contributed by atoms with Crippen molar-refractivity contribution in [3.8, 4) is 0 Å². The second-order valence-corrected chi connectivity index (χ2v) is 6.50. The molecule has 1 amide bonds. The lowest BCUT2D eigenvalue weighted by molar-refractivity contribution is -0.118. The Bertz CT molecular complexity index is 778. The number of carbonyl (C=O) groups excluding carboxylic acids is 1. The lowest BCUT2D eigenvalue weighted by Gasteiger charge is -2.26. The topological polar surface area (TPSA) is 23.6 Å². The van der Waals surface area contributed by atoms with Crippen LogP contribution in [0, 0.1) is 11.6 Å². The van der Waals surface area contributed by atoms with Crippen molar-refractivity contribution in [3.63, 3.8) is 0 Å². The average Bonchev–Trinajstić information content (AvgIpc) is 3.05. The van der Waals surface area contributed by atoms with E-state index in [0.29, 0.717) is 18.5 Å². The van der Waals surface area contributed by atoms with Gasteiger partial charge in [0.1, 0.15) is 0 Å². The lowest BCUT2D eigenvalue weighted by atomic mass is 10.1. The third-order valence-corrected chi connectivity index (χ3v) is 4.95. The first-order chi connectivity index (χ1) is 12.0. The van der Waals surface area contributed by atoms with Crippen molar-refractivity contribution in [1.29, 1.82) is 0 Å². The third kappa shape index (κ3) is 3.71. The maximum Gasteiger partial charge on any atom is 0.228 e. The van der Waals surface area contributed by atoms with Crippen LogP contribution < -0.4 is 4.90 Å². The van der Waals surface area contributed by atoms with Crippen molar-refractivity contribution in [2.24, 2.45) is 0 Å². The smallest absolute Gasteiger partial charge is 0.228 e. The summed E-state index contributed by atoms with van der Waals surface area (Å²) in [6.45, 7) is 3.20. The summed E-state index contributed by atoms with van der Waals surface area (Å²) in [6, 6.07) is 11.8. The minimum atomic E-state index is -0.846. The van der Waals surface area contributed by atoms with Gasteiger partial charge in [-0.15, -0.1) is 0 Å². The molecule has 0 spiro atoms. The fourth-order valence-electron chi connectivity index (χ4n) is 3.22. The van der Waals surface area contributed by atoms with Crippen LogP contribution in [0.25, 0.3) is 0 Å². The van der Waals surface area contributed by atoms with Gasteiger partial charge in [0.2, 0.25) is 5.91 Å². The molecule has 2 aromatic carbocycles. The molecule has 25 heavy (non-hydrogen) atoms. The van der Waals surface area contributed by atoms with Gasteiger partial charge in [-0.1, -0.05) is 24.3 Å². The number of fused-ring (bicyclic) bond motifs is 1. The van der Waals surface area contributed by atoms with Gasteiger partial charge in [0, 0.05) is 31.2 Å². The quantitative estimate of drug-likeness (QED) is 0.820. The molecule has 0 aliphatic carbocycles. The van der Waals surface area contributed by atoms with Crippen LogP contribution >= 0.6 is 0 Å². The van der Waals surface area contributed by atoms with Crippen molar-refractivity contribution < 1.29 is 13.6 Å². The fourth-order valence-corrected chi connectivity index (χ4v) is 3.22. The van der Waals surface area contributed by atoms with Gasteiger partial charge in [0.25, 0.3) is 0 Å². The van der Waals surface area contributed by atoms with E-state index in [0.717, 1.165) is 24.7 Å². The van der Waals surface area contributed by atoms with Crippen LogP contribution in [0.3, 0.4) is 0 Å². The number of benzene rings is 2. The van der Waals surface area contributed by atoms with Crippen LogP contribution in [0.4, 0.5) is 14.5 Å². The van der Waals surface area contributed by atoms with E-state index in [1.807, 2.05) is 42.0 Å². The number of anilines is 1. The summed E-state index contributed by atoms with van der Waals surface area (Å²) < 4.78 is 26.5. The lowest BCUT2D eigenvalue weighted by Crippen LogP contribution is -2.33. The van der Waals surface area contributed by atoms with Crippen molar-refractivity contribution in [1.82, 2.24) is 4.90 Å². The molecular formula is C20H22F2N2O. The standard InChI is InChI=1S/C20H22F2N2O/c1-14(16-7-8-17(21)18(22)13-16)23(2)11-10-20(25)24-12-9-15-5-3-4-6-19(15)24/h3-8,13-14H,9-12H2,1-2H3. The molecule has 0 saturated heterocycles. The fraction of sp³-hybridized carbons (Fsp3) is 0.350. The predicted molar refractivity (Wildman–Crippen MR) is 94.5 cm³/mol. The zero-order valence-electron chi connectivity index (χ0n) is 14.5. The molecule has 132 valence electrons. The average molecular weight is 344 g/mol. The Kier molecular flexibility index (Phi) is 5.13. The Labute approximate surface area is 146 Å². The first kappa shape index (κ1) is 17.5. The van der Waals surface area contributed by atoms with E-state index in [2.05, 4.69) is 6.07 Å². The maximum absolute atomic E-state index is 13.4. The Hall–Kier alpha value is -2.27. The number of amides is 1. The predicted octanol–water partition coefficient (Wildman–Crippen LogP) is 3.94. The van der Waals surface area contributed by atoms with Crippen molar-refractivity contribution in [3.05, 3.63) is 65.2 Å². The number of para-hydroxylation sites is 1. The van der Waals surface area contributed by atoms with Gasteiger partial charge in [0.15, 0.2) is 11.6 Å².